The molecule has 2 aromatic rings. The molecule has 0 heterocycles. The maximum absolute atomic E-state index is 11.5. The monoisotopic (exact) mass is 417 g/mol. The molecule has 6 nitrogen and oxygen atoms in total. The second-order valence-corrected chi connectivity index (χ2v) is 8.88. The Hall–Kier alpha value is -2.54. The van der Waals surface area contributed by atoms with Crippen LogP contribution < -0.4 is 15.4 Å². The van der Waals surface area contributed by atoms with Crippen molar-refractivity contribution in [3.63, 3.8) is 0 Å². The van der Waals surface area contributed by atoms with E-state index in [2.05, 4.69) is 28.6 Å². The lowest BCUT2D eigenvalue weighted by atomic mass is 10.1. The molecule has 0 unspecified atom stereocenters. The van der Waals surface area contributed by atoms with E-state index in [1.54, 1.807) is 19.2 Å². The Bertz CT molecular complexity index is 894. The van der Waals surface area contributed by atoms with Gasteiger partial charge in [-0.05, 0) is 48.2 Å². The van der Waals surface area contributed by atoms with Crippen LogP contribution >= 0.6 is 0 Å². The van der Waals surface area contributed by atoms with Crippen molar-refractivity contribution in [3.8, 4) is 5.75 Å². The number of ether oxygens (including phenoxy) is 1. The normalized spacial score (nSPS) is 11.9. The minimum Gasteiger partial charge on any atom is -0.494 e. The molecule has 0 amide bonds. The standard InChI is InChI=1S/C22H31N3O3S/c1-4-5-15-28-20-8-6-7-19(16-20)17-25-22(23-2)24-14-13-18-9-11-21(12-10-18)29(3,26)27/h6-12,16H,4-5,13-15,17H2,1-3H3,(H2,23,24,25). The molecule has 0 aliphatic heterocycles. The summed E-state index contributed by atoms with van der Waals surface area (Å²) in [6.45, 7) is 4.22. The van der Waals surface area contributed by atoms with Crippen molar-refractivity contribution < 1.29 is 13.2 Å². The zero-order valence-electron chi connectivity index (χ0n) is 17.4. The molecule has 0 aromatic heterocycles. The third-order valence-corrected chi connectivity index (χ3v) is 5.53. The van der Waals surface area contributed by atoms with Gasteiger partial charge >= 0.3 is 0 Å². The van der Waals surface area contributed by atoms with Gasteiger partial charge in [0, 0.05) is 26.4 Å². The Labute approximate surface area is 174 Å². The fraction of sp³-hybridized carbons (Fsp3) is 0.409. The van der Waals surface area contributed by atoms with Crippen molar-refractivity contribution in [1.82, 2.24) is 10.6 Å². The minimum atomic E-state index is -3.15. The van der Waals surface area contributed by atoms with Crippen LogP contribution in [0.5, 0.6) is 5.75 Å². The van der Waals surface area contributed by atoms with Crippen molar-refractivity contribution >= 4 is 15.8 Å². The van der Waals surface area contributed by atoms with Crippen LogP contribution in [-0.4, -0.2) is 40.8 Å². The van der Waals surface area contributed by atoms with E-state index in [4.69, 9.17) is 4.74 Å². The number of unbranched alkanes of at least 4 members (excludes halogenated alkanes) is 1. The van der Waals surface area contributed by atoms with Gasteiger partial charge in [0.05, 0.1) is 11.5 Å². The lowest BCUT2D eigenvalue weighted by Gasteiger charge is -2.13. The zero-order chi connectivity index (χ0) is 21.1. The van der Waals surface area contributed by atoms with Crippen molar-refractivity contribution in [2.24, 2.45) is 4.99 Å². The molecule has 0 atom stereocenters. The molecule has 0 radical (unpaired) electrons. The van der Waals surface area contributed by atoms with E-state index in [-0.39, 0.29) is 0 Å². The summed E-state index contributed by atoms with van der Waals surface area (Å²) < 4.78 is 28.8. The molecule has 0 aliphatic carbocycles. The lowest BCUT2D eigenvalue weighted by Crippen LogP contribution is -2.37. The lowest BCUT2D eigenvalue weighted by molar-refractivity contribution is 0.309. The maximum Gasteiger partial charge on any atom is 0.191 e. The van der Waals surface area contributed by atoms with E-state index < -0.39 is 9.84 Å². The van der Waals surface area contributed by atoms with Crippen molar-refractivity contribution in [1.29, 1.82) is 0 Å². The topological polar surface area (TPSA) is 79.8 Å². The Morgan fingerprint density at radius 3 is 2.48 bits per heavy atom. The predicted octanol–water partition coefficient (Wildman–Crippen LogP) is 3.18. The van der Waals surface area contributed by atoms with Gasteiger partial charge in [-0.1, -0.05) is 37.6 Å². The van der Waals surface area contributed by atoms with Crippen molar-refractivity contribution in [3.05, 3.63) is 59.7 Å². The molecule has 29 heavy (non-hydrogen) atoms. The summed E-state index contributed by atoms with van der Waals surface area (Å²) in [7, 11) is -1.42. The highest BCUT2D eigenvalue weighted by molar-refractivity contribution is 7.90. The Morgan fingerprint density at radius 1 is 1.07 bits per heavy atom. The number of hydrogen-bond donors (Lipinski definition) is 2. The molecule has 2 aromatic carbocycles. The fourth-order valence-corrected chi connectivity index (χ4v) is 3.35. The molecule has 0 spiro atoms. The summed E-state index contributed by atoms with van der Waals surface area (Å²) in [6, 6.07) is 15.0. The van der Waals surface area contributed by atoms with E-state index in [9.17, 15) is 8.42 Å². The second-order valence-electron chi connectivity index (χ2n) is 6.87. The number of aliphatic imine (C=N–C) groups is 1. The number of nitrogens with one attached hydrogen (secondary N) is 2. The van der Waals surface area contributed by atoms with Gasteiger partial charge in [0.25, 0.3) is 0 Å². The number of hydrogen-bond acceptors (Lipinski definition) is 4. The first-order valence-corrected chi connectivity index (χ1v) is 11.8. The molecule has 2 rings (SSSR count). The number of guanidine groups is 1. The zero-order valence-corrected chi connectivity index (χ0v) is 18.3. The molecular weight excluding hydrogens is 386 g/mol. The van der Waals surface area contributed by atoms with E-state index >= 15 is 0 Å². The summed E-state index contributed by atoms with van der Waals surface area (Å²) in [6.07, 6.45) is 4.15. The molecule has 0 saturated heterocycles. The van der Waals surface area contributed by atoms with E-state index in [0.717, 1.165) is 48.7 Å². The summed E-state index contributed by atoms with van der Waals surface area (Å²) in [5.74, 6) is 1.60. The second kappa shape index (κ2) is 11.5. The van der Waals surface area contributed by atoms with E-state index in [0.29, 0.717) is 18.0 Å². The van der Waals surface area contributed by atoms with Gasteiger partial charge in [-0.2, -0.15) is 0 Å². The molecule has 7 heteroatoms. The first-order valence-electron chi connectivity index (χ1n) is 9.87. The predicted molar refractivity (Wildman–Crippen MR) is 118 cm³/mol. The first kappa shape index (κ1) is 22.7. The third-order valence-electron chi connectivity index (χ3n) is 4.41. The van der Waals surface area contributed by atoms with E-state index in [1.165, 1.54) is 6.26 Å². The molecule has 0 aliphatic rings. The number of benzene rings is 2. The number of sulfone groups is 1. The summed E-state index contributed by atoms with van der Waals surface area (Å²) in [4.78, 5) is 4.59. The third kappa shape index (κ3) is 8.15. The molecule has 0 fully saturated rings. The Balaban J connectivity index is 1.79. The van der Waals surface area contributed by atoms with Gasteiger partial charge in [-0.15, -0.1) is 0 Å². The fourth-order valence-electron chi connectivity index (χ4n) is 2.71. The average molecular weight is 418 g/mol. The summed E-state index contributed by atoms with van der Waals surface area (Å²) in [5, 5.41) is 6.58. The summed E-state index contributed by atoms with van der Waals surface area (Å²) in [5.41, 5.74) is 2.19. The number of nitrogens with zero attached hydrogens (tertiary/aromatic N) is 1. The van der Waals surface area contributed by atoms with E-state index in [1.807, 2.05) is 30.3 Å². The van der Waals surface area contributed by atoms with Gasteiger partial charge in [-0.3, -0.25) is 4.99 Å². The highest BCUT2D eigenvalue weighted by atomic mass is 32.2. The Kier molecular flexibility index (Phi) is 8.99. The molecule has 0 bridgehead atoms. The van der Waals surface area contributed by atoms with Crippen LogP contribution in [0.25, 0.3) is 0 Å². The summed E-state index contributed by atoms with van der Waals surface area (Å²) >= 11 is 0. The highest BCUT2D eigenvalue weighted by Crippen LogP contribution is 2.14. The average Bonchev–Trinajstić information content (AvgIpc) is 2.71. The highest BCUT2D eigenvalue weighted by Gasteiger charge is 2.06. The van der Waals surface area contributed by atoms with Gasteiger partial charge < -0.3 is 15.4 Å². The van der Waals surface area contributed by atoms with Crippen molar-refractivity contribution in [2.75, 3.05) is 26.5 Å². The van der Waals surface area contributed by atoms with Crippen LogP contribution in [0.4, 0.5) is 0 Å². The van der Waals surface area contributed by atoms with Crippen LogP contribution in [0.2, 0.25) is 0 Å². The largest absolute Gasteiger partial charge is 0.494 e. The van der Waals surface area contributed by atoms with Crippen LogP contribution in [0.15, 0.2) is 58.4 Å². The van der Waals surface area contributed by atoms with Crippen LogP contribution in [0, 0.1) is 0 Å². The SMILES string of the molecule is CCCCOc1cccc(CNC(=NC)NCCc2ccc(S(C)(=O)=O)cc2)c1. The van der Waals surface area contributed by atoms with Crippen LogP contribution in [0.1, 0.15) is 30.9 Å². The van der Waals surface area contributed by atoms with Gasteiger partial charge in [0.2, 0.25) is 0 Å². The van der Waals surface area contributed by atoms with Crippen molar-refractivity contribution in [2.45, 2.75) is 37.6 Å². The Morgan fingerprint density at radius 2 is 1.83 bits per heavy atom. The van der Waals surface area contributed by atoms with Crippen LogP contribution in [0.3, 0.4) is 0 Å². The van der Waals surface area contributed by atoms with Gasteiger partial charge in [0.15, 0.2) is 15.8 Å². The molecular formula is C22H31N3O3S. The maximum atomic E-state index is 11.5. The van der Waals surface area contributed by atoms with Gasteiger partial charge in [-0.25, -0.2) is 8.42 Å². The van der Waals surface area contributed by atoms with Gasteiger partial charge in [0.1, 0.15) is 5.75 Å². The number of rotatable bonds is 10. The quantitative estimate of drug-likeness (QED) is 0.353. The smallest absolute Gasteiger partial charge is 0.191 e. The minimum absolute atomic E-state index is 0.340. The molecule has 2 N–H and O–H groups in total. The molecule has 158 valence electrons. The first-order chi connectivity index (χ1) is 13.9. The van der Waals surface area contributed by atoms with Crippen LogP contribution in [-0.2, 0) is 22.8 Å². The molecule has 0 saturated carbocycles.